The summed E-state index contributed by atoms with van der Waals surface area (Å²) in [6.45, 7) is -0.0558. The van der Waals surface area contributed by atoms with E-state index in [0.717, 1.165) is 0 Å². The van der Waals surface area contributed by atoms with Crippen molar-refractivity contribution < 1.29 is 27.8 Å². The van der Waals surface area contributed by atoms with Crippen LogP contribution in [0.1, 0.15) is 10.4 Å². The van der Waals surface area contributed by atoms with Gasteiger partial charge in [0.15, 0.2) is 27.1 Å². The normalized spacial score (nSPS) is 22.4. The fraction of sp³-hybridized carbons (Fsp3) is 0.562. The summed E-state index contributed by atoms with van der Waals surface area (Å²) < 4.78 is 33.9. The number of aliphatic hydroxyl groups excluding tert-OH is 1. The van der Waals surface area contributed by atoms with E-state index in [1.54, 1.807) is 42.3 Å². The molecule has 1 heterocycles. The van der Waals surface area contributed by atoms with E-state index in [-0.39, 0.29) is 23.8 Å². The molecule has 8 nitrogen and oxygen atoms in total. The van der Waals surface area contributed by atoms with Crippen molar-refractivity contribution in [2.45, 2.75) is 12.1 Å². The van der Waals surface area contributed by atoms with Gasteiger partial charge in [0.05, 0.1) is 44.4 Å². The number of rotatable bonds is 7. The van der Waals surface area contributed by atoms with Crippen molar-refractivity contribution in [3.05, 3.63) is 23.8 Å². The van der Waals surface area contributed by atoms with Crippen LogP contribution in [-0.2, 0) is 9.84 Å². The number of nitrogens with zero attached hydrogens (tertiary/aromatic N) is 2. The molecule has 25 heavy (non-hydrogen) atoms. The summed E-state index contributed by atoms with van der Waals surface area (Å²) in [6, 6.07) is 4.20. The summed E-state index contributed by atoms with van der Waals surface area (Å²) in [6.07, 6.45) is -1.02. The Labute approximate surface area is 147 Å². The number of benzene rings is 1. The molecule has 1 aliphatic heterocycles. The standard InChI is InChI=1S/C16H24N2O6S/c1-17(2)18(12-9-25(21,22)10-14(12)20)8-13(19)11-5-6-15(23-3)16(7-11)24-4/h5-7,12,14,20H,8-10H2,1-4H3/t12-,14-/m1/s1. The Hall–Kier alpha value is -1.68. The largest absolute Gasteiger partial charge is 0.493 e. The number of ether oxygens (including phenoxy) is 2. The number of hydrogen-bond acceptors (Lipinski definition) is 8. The Balaban J connectivity index is 2.21. The number of carbonyl (C=O) groups excluding carboxylic acids is 1. The first-order valence-corrected chi connectivity index (χ1v) is 9.58. The number of Topliss-reactive ketones (excluding diaryl/α,β-unsaturated/α-hetero) is 1. The van der Waals surface area contributed by atoms with Crippen LogP contribution in [0.3, 0.4) is 0 Å². The SMILES string of the molecule is COc1ccc(C(=O)CN([C@@H]2CS(=O)(=O)C[C@H]2O)N(C)C)cc1OC. The van der Waals surface area contributed by atoms with Crippen molar-refractivity contribution in [2.24, 2.45) is 0 Å². The van der Waals surface area contributed by atoms with Gasteiger partial charge in [-0.1, -0.05) is 0 Å². The second-order valence-electron chi connectivity index (χ2n) is 6.15. The number of hydrazine groups is 1. The van der Waals surface area contributed by atoms with Gasteiger partial charge >= 0.3 is 0 Å². The number of ketones is 1. The molecule has 140 valence electrons. The molecule has 0 aromatic heterocycles. The minimum atomic E-state index is -3.31. The lowest BCUT2D eigenvalue weighted by Crippen LogP contribution is -2.52. The molecule has 0 radical (unpaired) electrons. The maximum absolute atomic E-state index is 12.7. The van der Waals surface area contributed by atoms with E-state index in [9.17, 15) is 18.3 Å². The van der Waals surface area contributed by atoms with Crippen molar-refractivity contribution in [1.82, 2.24) is 10.0 Å². The first kappa shape index (κ1) is 19.6. The van der Waals surface area contributed by atoms with Crippen LogP contribution in [0.2, 0.25) is 0 Å². The molecule has 0 aliphatic carbocycles. The molecule has 1 saturated heterocycles. The Morgan fingerprint density at radius 2 is 1.84 bits per heavy atom. The van der Waals surface area contributed by atoms with Gasteiger partial charge in [-0.15, -0.1) is 0 Å². The van der Waals surface area contributed by atoms with E-state index >= 15 is 0 Å². The van der Waals surface area contributed by atoms with Crippen LogP contribution in [0.25, 0.3) is 0 Å². The smallest absolute Gasteiger partial charge is 0.178 e. The zero-order valence-corrected chi connectivity index (χ0v) is 15.6. The summed E-state index contributed by atoms with van der Waals surface area (Å²) in [7, 11) is 3.10. The fourth-order valence-electron chi connectivity index (χ4n) is 2.90. The average Bonchev–Trinajstić information content (AvgIpc) is 2.83. The van der Waals surface area contributed by atoms with Gasteiger partial charge in [0.25, 0.3) is 0 Å². The molecule has 2 rings (SSSR count). The lowest BCUT2D eigenvalue weighted by molar-refractivity contribution is -0.0420. The Morgan fingerprint density at radius 3 is 2.32 bits per heavy atom. The predicted octanol–water partition coefficient (Wildman–Crippen LogP) is -0.177. The number of carbonyl (C=O) groups is 1. The number of hydrogen-bond donors (Lipinski definition) is 1. The van der Waals surface area contributed by atoms with Crippen LogP contribution >= 0.6 is 0 Å². The second-order valence-corrected chi connectivity index (χ2v) is 8.30. The molecule has 1 aliphatic rings. The molecular formula is C16H24N2O6S. The lowest BCUT2D eigenvalue weighted by atomic mass is 10.1. The summed E-state index contributed by atoms with van der Waals surface area (Å²) in [5.74, 6) is 0.276. The van der Waals surface area contributed by atoms with Gasteiger partial charge in [-0.25, -0.2) is 18.4 Å². The molecular weight excluding hydrogens is 348 g/mol. The minimum Gasteiger partial charge on any atom is -0.493 e. The van der Waals surface area contributed by atoms with Gasteiger partial charge < -0.3 is 14.6 Å². The highest BCUT2D eigenvalue weighted by molar-refractivity contribution is 7.91. The molecule has 1 aromatic rings. The molecule has 0 saturated carbocycles. The maximum atomic E-state index is 12.7. The maximum Gasteiger partial charge on any atom is 0.178 e. The Bertz CT molecular complexity index is 734. The number of aliphatic hydroxyl groups is 1. The highest BCUT2D eigenvalue weighted by atomic mass is 32.2. The van der Waals surface area contributed by atoms with Crippen LogP contribution in [0.5, 0.6) is 11.5 Å². The van der Waals surface area contributed by atoms with Gasteiger partial charge in [-0.3, -0.25) is 4.79 Å². The summed E-state index contributed by atoms with van der Waals surface area (Å²) >= 11 is 0. The second kappa shape index (κ2) is 7.69. The molecule has 1 aromatic carbocycles. The zero-order chi connectivity index (χ0) is 18.8. The summed E-state index contributed by atoms with van der Waals surface area (Å²) in [4.78, 5) is 12.7. The molecule has 0 amide bonds. The Morgan fingerprint density at radius 1 is 1.20 bits per heavy atom. The van der Waals surface area contributed by atoms with E-state index in [1.165, 1.54) is 14.2 Å². The van der Waals surface area contributed by atoms with Crippen molar-refractivity contribution in [2.75, 3.05) is 46.4 Å². The van der Waals surface area contributed by atoms with Crippen LogP contribution in [-0.4, -0.2) is 87.8 Å². The predicted molar refractivity (Wildman–Crippen MR) is 92.7 cm³/mol. The molecule has 1 fully saturated rings. The van der Waals surface area contributed by atoms with Crippen molar-refractivity contribution in [3.63, 3.8) is 0 Å². The van der Waals surface area contributed by atoms with E-state index in [4.69, 9.17) is 9.47 Å². The van der Waals surface area contributed by atoms with Gasteiger partial charge in [0.1, 0.15) is 0 Å². The van der Waals surface area contributed by atoms with Crippen molar-refractivity contribution in [3.8, 4) is 11.5 Å². The third-order valence-electron chi connectivity index (χ3n) is 4.20. The van der Waals surface area contributed by atoms with E-state index in [1.807, 2.05) is 0 Å². The molecule has 1 N–H and O–H groups in total. The molecule has 9 heteroatoms. The van der Waals surface area contributed by atoms with Gasteiger partial charge in [-0.05, 0) is 18.2 Å². The third kappa shape index (κ3) is 4.49. The zero-order valence-electron chi connectivity index (χ0n) is 14.8. The van der Waals surface area contributed by atoms with Crippen LogP contribution in [0.15, 0.2) is 18.2 Å². The molecule has 0 unspecified atom stereocenters. The topological polar surface area (TPSA) is 96.4 Å². The minimum absolute atomic E-state index is 0.0558. The van der Waals surface area contributed by atoms with Crippen molar-refractivity contribution in [1.29, 1.82) is 0 Å². The van der Waals surface area contributed by atoms with E-state index < -0.39 is 22.0 Å². The summed E-state index contributed by atoms with van der Waals surface area (Å²) in [5.41, 5.74) is 0.417. The quantitative estimate of drug-likeness (QED) is 0.520. The fourth-order valence-corrected chi connectivity index (χ4v) is 4.69. The van der Waals surface area contributed by atoms with Gasteiger partial charge in [0, 0.05) is 19.7 Å². The van der Waals surface area contributed by atoms with Crippen LogP contribution < -0.4 is 9.47 Å². The van der Waals surface area contributed by atoms with Crippen LogP contribution in [0, 0.1) is 0 Å². The average molecular weight is 372 g/mol. The third-order valence-corrected chi connectivity index (χ3v) is 5.90. The van der Waals surface area contributed by atoms with E-state index in [0.29, 0.717) is 17.1 Å². The number of sulfone groups is 1. The molecule has 0 spiro atoms. The monoisotopic (exact) mass is 372 g/mol. The van der Waals surface area contributed by atoms with E-state index in [2.05, 4.69) is 0 Å². The van der Waals surface area contributed by atoms with Gasteiger partial charge in [0.2, 0.25) is 0 Å². The Kier molecular flexibility index (Phi) is 6.04. The molecule has 2 atom stereocenters. The highest BCUT2D eigenvalue weighted by Gasteiger charge is 2.41. The lowest BCUT2D eigenvalue weighted by Gasteiger charge is -2.34. The van der Waals surface area contributed by atoms with Crippen LogP contribution in [0.4, 0.5) is 0 Å². The van der Waals surface area contributed by atoms with Gasteiger partial charge in [-0.2, -0.15) is 0 Å². The summed E-state index contributed by atoms with van der Waals surface area (Å²) in [5, 5.41) is 13.3. The first-order valence-electron chi connectivity index (χ1n) is 7.76. The molecule has 0 bridgehead atoms. The first-order chi connectivity index (χ1) is 11.7. The number of methoxy groups -OCH3 is 2. The highest BCUT2D eigenvalue weighted by Crippen LogP contribution is 2.28. The van der Waals surface area contributed by atoms with Crippen molar-refractivity contribution >= 4 is 15.6 Å².